The molecule has 2 heterocycles. The lowest BCUT2D eigenvalue weighted by atomic mass is 10.1. The number of nitrogens with zero attached hydrogens (tertiary/aromatic N) is 1. The second kappa shape index (κ2) is 8.79. The third kappa shape index (κ3) is 3.90. The number of aliphatic hydroxyl groups excluding tert-OH is 1. The minimum atomic E-state index is -1.19. The Hall–Kier alpha value is -1.99. The average molecular weight is 427 g/mol. The molecule has 1 unspecified atom stereocenters. The van der Waals surface area contributed by atoms with Gasteiger partial charge in [0.2, 0.25) is 0 Å². The Kier molecular flexibility index (Phi) is 6.15. The fourth-order valence-corrected chi connectivity index (χ4v) is 6.58. The Morgan fingerprint density at radius 1 is 1.10 bits per heavy atom. The first-order valence-electron chi connectivity index (χ1n) is 9.87. The van der Waals surface area contributed by atoms with Gasteiger partial charge in [-0.2, -0.15) is 0 Å². The summed E-state index contributed by atoms with van der Waals surface area (Å²) in [7, 11) is -1.19. The fraction of sp³-hybridized carbons (Fsp3) is 0.304. The minimum Gasteiger partial charge on any atom is -0.392 e. The molecule has 1 atom stereocenters. The van der Waals surface area contributed by atoms with Gasteiger partial charge in [-0.15, -0.1) is 11.3 Å². The van der Waals surface area contributed by atoms with Crippen LogP contribution >= 0.6 is 11.3 Å². The summed E-state index contributed by atoms with van der Waals surface area (Å²) in [6, 6.07) is 14.4. The van der Waals surface area contributed by atoms with Crippen molar-refractivity contribution in [2.45, 2.75) is 42.5 Å². The quantitative estimate of drug-likeness (QED) is 0.540. The third-order valence-corrected chi connectivity index (χ3v) is 8.27. The number of anilines is 2. The highest BCUT2D eigenvalue weighted by Crippen LogP contribution is 2.48. The smallest absolute Gasteiger partial charge is 0.120 e. The first-order chi connectivity index (χ1) is 14.1. The summed E-state index contributed by atoms with van der Waals surface area (Å²) in [5, 5.41) is 15.3. The average Bonchev–Trinajstić information content (AvgIpc) is 3.17. The lowest BCUT2D eigenvalue weighted by Gasteiger charge is -2.33. The van der Waals surface area contributed by atoms with E-state index >= 15 is 0 Å². The van der Waals surface area contributed by atoms with E-state index < -0.39 is 10.8 Å². The second-order valence-electron chi connectivity index (χ2n) is 7.35. The van der Waals surface area contributed by atoms with Gasteiger partial charge < -0.3 is 15.3 Å². The van der Waals surface area contributed by atoms with E-state index in [-0.39, 0.29) is 6.61 Å². The molecule has 0 radical (unpaired) electrons. The van der Waals surface area contributed by atoms with E-state index in [1.807, 2.05) is 17.5 Å². The normalized spacial score (nSPS) is 15.3. The molecule has 0 saturated heterocycles. The number of thiophene rings is 1. The lowest BCUT2D eigenvalue weighted by molar-refractivity contribution is 0.282. The lowest BCUT2D eigenvalue weighted by Crippen LogP contribution is -2.28. The first kappa shape index (κ1) is 20.3. The first-order valence-corrected chi connectivity index (χ1v) is 11.9. The molecule has 0 saturated carbocycles. The van der Waals surface area contributed by atoms with Gasteiger partial charge in [-0.1, -0.05) is 36.4 Å². The van der Waals surface area contributed by atoms with Crippen LogP contribution in [0, 0.1) is 13.8 Å². The molecule has 4 rings (SSSR count). The molecule has 1 aliphatic rings. The van der Waals surface area contributed by atoms with E-state index in [1.54, 1.807) is 0 Å². The Balaban J connectivity index is 1.56. The zero-order valence-electron chi connectivity index (χ0n) is 16.8. The Morgan fingerprint density at radius 3 is 2.66 bits per heavy atom. The molecule has 1 aliphatic heterocycles. The van der Waals surface area contributed by atoms with Gasteiger partial charge in [-0.25, -0.2) is 4.21 Å². The van der Waals surface area contributed by atoms with Crippen molar-refractivity contribution >= 4 is 33.5 Å². The standard InChI is InChI=1S/C23H26N2O2S2/c1-16-9-10-20-21(17(16)2)25(22-19(14-26)15-28-23(22)29(20)27)12-6-11-24-13-18-7-4-3-5-8-18/h3-5,7-10,15,24,26H,6,11-14H2,1-2H3. The van der Waals surface area contributed by atoms with Crippen molar-refractivity contribution < 1.29 is 9.32 Å². The molecule has 0 aliphatic carbocycles. The molecule has 152 valence electrons. The molecule has 0 fully saturated rings. The molecule has 1 aromatic heterocycles. The maximum atomic E-state index is 13.2. The van der Waals surface area contributed by atoms with E-state index in [4.69, 9.17) is 0 Å². The zero-order chi connectivity index (χ0) is 20.4. The molecule has 0 bridgehead atoms. The van der Waals surface area contributed by atoms with Crippen LogP contribution in [-0.2, 0) is 24.0 Å². The van der Waals surface area contributed by atoms with Gasteiger partial charge in [0.05, 0.1) is 33.7 Å². The van der Waals surface area contributed by atoms with Crippen LogP contribution in [0.25, 0.3) is 0 Å². The molecular weight excluding hydrogens is 400 g/mol. The number of aryl methyl sites for hydroxylation is 1. The summed E-state index contributed by atoms with van der Waals surface area (Å²) in [4.78, 5) is 3.16. The topological polar surface area (TPSA) is 52.6 Å². The predicted octanol–water partition coefficient (Wildman–Crippen LogP) is 4.66. The van der Waals surface area contributed by atoms with Crippen LogP contribution < -0.4 is 10.2 Å². The number of hydrogen-bond donors (Lipinski definition) is 2. The van der Waals surface area contributed by atoms with Gasteiger partial charge in [0.15, 0.2) is 0 Å². The minimum absolute atomic E-state index is 0.0357. The summed E-state index contributed by atoms with van der Waals surface area (Å²) in [5.41, 5.74) is 6.49. The summed E-state index contributed by atoms with van der Waals surface area (Å²) < 4.78 is 14.0. The number of rotatable bonds is 7. The van der Waals surface area contributed by atoms with Crippen LogP contribution in [0.3, 0.4) is 0 Å². The van der Waals surface area contributed by atoms with Gasteiger partial charge >= 0.3 is 0 Å². The Labute approximate surface area is 178 Å². The molecule has 4 nitrogen and oxygen atoms in total. The molecule has 0 spiro atoms. The number of nitrogens with one attached hydrogen (secondary N) is 1. The van der Waals surface area contributed by atoms with Crippen molar-refractivity contribution in [3.05, 3.63) is 70.1 Å². The largest absolute Gasteiger partial charge is 0.392 e. The van der Waals surface area contributed by atoms with Gasteiger partial charge in [0.1, 0.15) is 4.21 Å². The highest BCUT2D eigenvalue weighted by molar-refractivity contribution is 7.87. The van der Waals surface area contributed by atoms with E-state index in [0.29, 0.717) is 0 Å². The number of benzene rings is 2. The van der Waals surface area contributed by atoms with Crippen molar-refractivity contribution in [2.75, 3.05) is 18.0 Å². The second-order valence-corrected chi connectivity index (χ2v) is 9.87. The number of aliphatic hydroxyl groups is 1. The van der Waals surface area contributed by atoms with Gasteiger partial charge in [0, 0.05) is 18.7 Å². The SMILES string of the molecule is Cc1ccc2c(c1C)N(CCCNCc1ccccc1)c1c(CO)csc1S2=O. The van der Waals surface area contributed by atoms with Crippen molar-refractivity contribution in [3.8, 4) is 0 Å². The van der Waals surface area contributed by atoms with Crippen molar-refractivity contribution in [1.82, 2.24) is 5.32 Å². The highest BCUT2D eigenvalue weighted by atomic mass is 32.2. The monoisotopic (exact) mass is 426 g/mol. The summed E-state index contributed by atoms with van der Waals surface area (Å²) in [5.74, 6) is 0. The summed E-state index contributed by atoms with van der Waals surface area (Å²) >= 11 is 1.49. The van der Waals surface area contributed by atoms with Crippen molar-refractivity contribution in [1.29, 1.82) is 0 Å². The molecule has 6 heteroatoms. The summed E-state index contributed by atoms with van der Waals surface area (Å²) in [6.07, 6.45) is 0.951. The van der Waals surface area contributed by atoms with Crippen molar-refractivity contribution in [2.24, 2.45) is 0 Å². The van der Waals surface area contributed by atoms with Gasteiger partial charge in [-0.3, -0.25) is 0 Å². The molecule has 3 aromatic rings. The number of hydrogen-bond acceptors (Lipinski definition) is 5. The zero-order valence-corrected chi connectivity index (χ0v) is 18.4. The fourth-order valence-electron chi connectivity index (χ4n) is 3.78. The Bertz CT molecular complexity index is 1030. The predicted molar refractivity (Wildman–Crippen MR) is 121 cm³/mol. The molecule has 29 heavy (non-hydrogen) atoms. The van der Waals surface area contributed by atoms with Crippen LogP contribution in [0.15, 0.2) is 56.9 Å². The summed E-state index contributed by atoms with van der Waals surface area (Å²) in [6.45, 7) is 6.71. The van der Waals surface area contributed by atoms with E-state index in [0.717, 1.165) is 57.7 Å². The molecule has 2 aromatic carbocycles. The maximum Gasteiger partial charge on any atom is 0.120 e. The molecular formula is C23H26N2O2S2. The van der Waals surface area contributed by atoms with E-state index in [2.05, 4.69) is 54.4 Å². The highest BCUT2D eigenvalue weighted by Gasteiger charge is 2.33. The van der Waals surface area contributed by atoms with Crippen LogP contribution in [0.2, 0.25) is 0 Å². The maximum absolute atomic E-state index is 13.2. The Morgan fingerprint density at radius 2 is 1.90 bits per heavy atom. The van der Waals surface area contributed by atoms with Crippen LogP contribution in [0.1, 0.15) is 28.7 Å². The van der Waals surface area contributed by atoms with Gasteiger partial charge in [-0.05, 0) is 54.9 Å². The van der Waals surface area contributed by atoms with Gasteiger partial charge in [0.25, 0.3) is 0 Å². The van der Waals surface area contributed by atoms with E-state index in [1.165, 1.54) is 22.5 Å². The van der Waals surface area contributed by atoms with Crippen LogP contribution in [0.5, 0.6) is 0 Å². The van der Waals surface area contributed by atoms with Crippen LogP contribution in [0.4, 0.5) is 11.4 Å². The third-order valence-electron chi connectivity index (χ3n) is 5.46. The molecule has 2 N–H and O–H groups in total. The van der Waals surface area contributed by atoms with E-state index in [9.17, 15) is 9.32 Å². The molecule has 0 amide bonds. The van der Waals surface area contributed by atoms with Crippen molar-refractivity contribution in [3.63, 3.8) is 0 Å². The number of fused-ring (bicyclic) bond motifs is 2. The van der Waals surface area contributed by atoms with Crippen LogP contribution in [-0.4, -0.2) is 22.4 Å².